The quantitative estimate of drug-likeness (QED) is 0.754. The Hall–Kier alpha value is -1.02. The first-order valence-electron chi connectivity index (χ1n) is 6.75. The number of hydrogen-bond donors (Lipinski definition) is 0. The topological polar surface area (TPSA) is 21.8 Å². The molecule has 100 valence electrons. The zero-order valence-electron chi connectivity index (χ0n) is 12.3. The lowest BCUT2D eigenvalue weighted by molar-refractivity contribution is 0.362. The Morgan fingerprint density at radius 2 is 1.89 bits per heavy atom. The van der Waals surface area contributed by atoms with Crippen molar-refractivity contribution < 1.29 is 9.47 Å². The van der Waals surface area contributed by atoms with Crippen LogP contribution in [0.2, 0.25) is 0 Å². The summed E-state index contributed by atoms with van der Waals surface area (Å²) in [6, 6.07) is 2.16. The molecule has 1 aliphatic heterocycles. The minimum absolute atomic E-state index is 0.451. The van der Waals surface area contributed by atoms with Crippen molar-refractivity contribution in [2.45, 2.75) is 59.2 Å². The summed E-state index contributed by atoms with van der Waals surface area (Å²) >= 11 is 0. The third-order valence-electron chi connectivity index (χ3n) is 4.24. The van der Waals surface area contributed by atoms with Gasteiger partial charge in [-0.3, -0.25) is 0 Å². The summed E-state index contributed by atoms with van der Waals surface area (Å²) in [6.07, 6.45) is 2.03. The molecule has 2 nitrogen and oxygen atoms in total. The van der Waals surface area contributed by atoms with Gasteiger partial charge in [0.25, 0.3) is 0 Å². The fourth-order valence-electron chi connectivity index (χ4n) is 2.98. The van der Waals surface area contributed by atoms with Crippen LogP contribution in [0.1, 0.15) is 48.4 Å². The van der Waals surface area contributed by atoms with Crippen LogP contribution < -0.4 is 4.74 Å². The van der Waals surface area contributed by atoms with E-state index < -0.39 is 0 Å². The lowest BCUT2D eigenvalue weighted by Crippen LogP contribution is -2.06. The van der Waals surface area contributed by atoms with E-state index in [0.29, 0.717) is 18.1 Å². The van der Waals surface area contributed by atoms with Crippen LogP contribution in [-0.4, -0.2) is 19.3 Å². The molecule has 0 aromatic heterocycles. The summed E-state index contributed by atoms with van der Waals surface area (Å²) in [6.45, 7) is 11.0. The summed E-state index contributed by atoms with van der Waals surface area (Å²) in [4.78, 5) is 0. The zero-order valence-corrected chi connectivity index (χ0v) is 12.3. The van der Waals surface area contributed by atoms with Crippen molar-refractivity contribution in [3.63, 3.8) is 0 Å². The van der Waals surface area contributed by atoms with Crippen LogP contribution in [0, 0.1) is 20.8 Å². The van der Waals surface area contributed by atoms with Crippen LogP contribution >= 0.6 is 0 Å². The van der Waals surface area contributed by atoms with Gasteiger partial charge < -0.3 is 9.47 Å². The molecular formula is C16H24O2. The molecule has 0 saturated carbocycles. The molecule has 1 fully saturated rings. The van der Waals surface area contributed by atoms with Crippen molar-refractivity contribution in [3.05, 3.63) is 28.3 Å². The SMILES string of the molecule is COc1cc(C)c(C(C)CC2OC2C)c(C)c1C. The standard InChI is InChI=1S/C16H24O2/c1-9-7-14(17-6)11(3)12(4)16(9)10(2)8-15-13(5)18-15/h7,10,13,15H,8H2,1-6H3. The molecule has 3 atom stereocenters. The van der Waals surface area contributed by atoms with Crippen LogP contribution in [0.25, 0.3) is 0 Å². The Kier molecular flexibility index (Phi) is 3.67. The van der Waals surface area contributed by atoms with Gasteiger partial charge in [-0.25, -0.2) is 0 Å². The Balaban J connectivity index is 2.29. The van der Waals surface area contributed by atoms with Crippen LogP contribution in [-0.2, 0) is 4.74 Å². The van der Waals surface area contributed by atoms with Crippen LogP contribution in [0.15, 0.2) is 6.07 Å². The second-order valence-corrected chi connectivity index (χ2v) is 5.58. The van der Waals surface area contributed by atoms with Crippen molar-refractivity contribution in [1.29, 1.82) is 0 Å². The largest absolute Gasteiger partial charge is 0.496 e. The minimum atomic E-state index is 0.451. The van der Waals surface area contributed by atoms with Crippen molar-refractivity contribution in [1.82, 2.24) is 0 Å². The highest BCUT2D eigenvalue weighted by atomic mass is 16.6. The normalized spacial score (nSPS) is 23.9. The van der Waals surface area contributed by atoms with E-state index >= 15 is 0 Å². The number of epoxide rings is 1. The molecule has 0 N–H and O–H groups in total. The molecule has 2 rings (SSSR count). The van der Waals surface area contributed by atoms with Gasteiger partial charge in [0, 0.05) is 0 Å². The Bertz CT molecular complexity index is 451. The molecule has 0 spiro atoms. The van der Waals surface area contributed by atoms with Gasteiger partial charge in [-0.15, -0.1) is 0 Å². The lowest BCUT2D eigenvalue weighted by Gasteiger charge is -2.20. The van der Waals surface area contributed by atoms with Gasteiger partial charge >= 0.3 is 0 Å². The van der Waals surface area contributed by atoms with Gasteiger partial charge in [0.1, 0.15) is 5.75 Å². The number of benzene rings is 1. The molecule has 0 radical (unpaired) electrons. The van der Waals surface area contributed by atoms with Crippen LogP contribution in [0.3, 0.4) is 0 Å². The molecule has 3 unspecified atom stereocenters. The highest BCUT2D eigenvalue weighted by molar-refractivity contribution is 5.49. The first kappa shape index (κ1) is 13.4. The van der Waals surface area contributed by atoms with Gasteiger partial charge in [0.15, 0.2) is 0 Å². The third kappa shape index (κ3) is 2.39. The number of ether oxygens (including phenoxy) is 2. The molecule has 2 heteroatoms. The Labute approximate surface area is 110 Å². The van der Waals surface area contributed by atoms with Crippen LogP contribution in [0.4, 0.5) is 0 Å². The van der Waals surface area contributed by atoms with E-state index in [0.717, 1.165) is 12.2 Å². The summed E-state index contributed by atoms with van der Waals surface area (Å²) in [7, 11) is 1.74. The van der Waals surface area contributed by atoms with E-state index in [1.54, 1.807) is 7.11 Å². The average molecular weight is 248 g/mol. The monoisotopic (exact) mass is 248 g/mol. The first-order valence-corrected chi connectivity index (χ1v) is 6.75. The van der Waals surface area contributed by atoms with Crippen molar-refractivity contribution in [3.8, 4) is 5.75 Å². The van der Waals surface area contributed by atoms with E-state index in [1.165, 1.54) is 22.3 Å². The lowest BCUT2D eigenvalue weighted by atomic mass is 9.86. The van der Waals surface area contributed by atoms with E-state index in [2.05, 4.69) is 40.7 Å². The minimum Gasteiger partial charge on any atom is -0.496 e. The molecular weight excluding hydrogens is 224 g/mol. The van der Waals surface area contributed by atoms with Gasteiger partial charge in [-0.05, 0) is 68.4 Å². The van der Waals surface area contributed by atoms with Gasteiger partial charge in [0.05, 0.1) is 19.3 Å². The summed E-state index contributed by atoms with van der Waals surface area (Å²) < 4.78 is 11.0. The average Bonchev–Trinajstić information content (AvgIpc) is 2.99. The van der Waals surface area contributed by atoms with Crippen molar-refractivity contribution in [2.24, 2.45) is 0 Å². The maximum absolute atomic E-state index is 5.54. The second-order valence-electron chi connectivity index (χ2n) is 5.58. The summed E-state index contributed by atoms with van der Waals surface area (Å²) in [5.74, 6) is 1.54. The predicted octanol–water partition coefficient (Wildman–Crippen LogP) is 3.90. The Morgan fingerprint density at radius 3 is 2.39 bits per heavy atom. The second kappa shape index (κ2) is 4.93. The fraction of sp³-hybridized carbons (Fsp3) is 0.625. The van der Waals surface area contributed by atoms with Crippen LogP contribution in [0.5, 0.6) is 5.75 Å². The summed E-state index contributed by atoms with van der Waals surface area (Å²) in [5, 5.41) is 0. The van der Waals surface area contributed by atoms with E-state index in [9.17, 15) is 0 Å². The fourth-order valence-corrected chi connectivity index (χ4v) is 2.98. The zero-order chi connectivity index (χ0) is 13.4. The van der Waals surface area contributed by atoms with Gasteiger partial charge in [0.2, 0.25) is 0 Å². The number of aryl methyl sites for hydroxylation is 1. The Morgan fingerprint density at radius 1 is 1.28 bits per heavy atom. The predicted molar refractivity (Wildman–Crippen MR) is 74.6 cm³/mol. The highest BCUT2D eigenvalue weighted by Crippen LogP contribution is 2.37. The molecule has 18 heavy (non-hydrogen) atoms. The molecule has 1 heterocycles. The van der Waals surface area contributed by atoms with E-state index in [-0.39, 0.29) is 0 Å². The maximum Gasteiger partial charge on any atom is 0.122 e. The van der Waals surface area contributed by atoms with Crippen molar-refractivity contribution >= 4 is 0 Å². The molecule has 0 aliphatic carbocycles. The molecule has 1 saturated heterocycles. The molecule has 1 aromatic rings. The van der Waals surface area contributed by atoms with Gasteiger partial charge in [-0.2, -0.15) is 0 Å². The van der Waals surface area contributed by atoms with Crippen molar-refractivity contribution in [2.75, 3.05) is 7.11 Å². The number of hydrogen-bond acceptors (Lipinski definition) is 2. The molecule has 0 bridgehead atoms. The maximum atomic E-state index is 5.54. The smallest absolute Gasteiger partial charge is 0.122 e. The molecule has 1 aromatic carbocycles. The van der Waals surface area contributed by atoms with Gasteiger partial charge in [-0.1, -0.05) is 6.92 Å². The first-order chi connectivity index (χ1) is 8.45. The number of methoxy groups -OCH3 is 1. The number of rotatable bonds is 4. The third-order valence-corrected chi connectivity index (χ3v) is 4.24. The summed E-state index contributed by atoms with van der Waals surface area (Å²) in [5.41, 5.74) is 5.43. The highest BCUT2D eigenvalue weighted by Gasteiger charge is 2.35. The molecule has 0 amide bonds. The molecule has 1 aliphatic rings. The van der Waals surface area contributed by atoms with E-state index in [4.69, 9.17) is 9.47 Å². The van der Waals surface area contributed by atoms with E-state index in [1.807, 2.05) is 0 Å².